The van der Waals surface area contributed by atoms with Crippen molar-refractivity contribution in [2.75, 3.05) is 50.8 Å². The zero-order valence-electron chi connectivity index (χ0n) is 18.5. The van der Waals surface area contributed by atoms with Crippen molar-refractivity contribution < 1.29 is 13.9 Å². The summed E-state index contributed by atoms with van der Waals surface area (Å²) in [6.07, 6.45) is 3.08. The summed E-state index contributed by atoms with van der Waals surface area (Å²) < 4.78 is 11.7. The lowest BCUT2D eigenvalue weighted by Gasteiger charge is -2.44. The fourth-order valence-corrected chi connectivity index (χ4v) is 5.76. The van der Waals surface area contributed by atoms with Gasteiger partial charge in [-0.15, -0.1) is 0 Å². The maximum Gasteiger partial charge on any atom is 0.198 e. The number of rotatable bonds is 5. The smallest absolute Gasteiger partial charge is 0.198 e. The number of anilines is 1. The van der Waals surface area contributed by atoms with Crippen LogP contribution < -0.4 is 4.90 Å². The average Bonchev–Trinajstić information content (AvgIpc) is 3.30. The Hall–Kier alpha value is -2.63. The minimum Gasteiger partial charge on any atom is -0.452 e. The van der Waals surface area contributed by atoms with Gasteiger partial charge in [-0.25, -0.2) is 0 Å². The SMILES string of the molecule is O=C(C[C@@H]1CN2CCC1CC2)c1cc2cccc(-c3ccc(N4CCOCC4)cc3)c2o1. The van der Waals surface area contributed by atoms with Crippen LogP contribution >= 0.6 is 0 Å². The number of carbonyl (C=O) groups excluding carboxylic acids is 1. The zero-order chi connectivity index (χ0) is 21.5. The number of carbonyl (C=O) groups is 1. The van der Waals surface area contributed by atoms with Gasteiger partial charge in [-0.3, -0.25) is 4.79 Å². The molecule has 4 aliphatic rings. The zero-order valence-corrected chi connectivity index (χ0v) is 18.5. The highest BCUT2D eigenvalue weighted by Gasteiger charge is 2.35. The van der Waals surface area contributed by atoms with Crippen LogP contribution in [0.25, 0.3) is 22.1 Å². The van der Waals surface area contributed by atoms with Gasteiger partial charge in [0, 0.05) is 42.7 Å². The molecule has 0 spiro atoms. The normalized spacial score (nSPS) is 25.4. The predicted molar refractivity (Wildman–Crippen MR) is 126 cm³/mol. The first kappa shape index (κ1) is 20.0. The van der Waals surface area contributed by atoms with Crippen LogP contribution in [0.4, 0.5) is 5.69 Å². The van der Waals surface area contributed by atoms with Gasteiger partial charge in [0.15, 0.2) is 11.5 Å². The molecule has 4 fully saturated rings. The van der Waals surface area contributed by atoms with Crippen LogP contribution in [0.15, 0.2) is 52.9 Å². The molecule has 166 valence electrons. The van der Waals surface area contributed by atoms with E-state index in [1.165, 1.54) is 31.6 Å². The van der Waals surface area contributed by atoms with Crippen LogP contribution in [0.3, 0.4) is 0 Å². The molecule has 5 nitrogen and oxygen atoms in total. The fraction of sp³-hybridized carbons (Fsp3) is 0.444. The third-order valence-electron chi connectivity index (χ3n) is 7.61. The van der Waals surface area contributed by atoms with Gasteiger partial charge in [0.1, 0.15) is 5.58 Å². The number of hydrogen-bond donors (Lipinski definition) is 0. The molecule has 0 unspecified atom stereocenters. The largest absolute Gasteiger partial charge is 0.452 e. The maximum absolute atomic E-state index is 13.1. The second-order valence-electron chi connectivity index (χ2n) is 9.51. The van der Waals surface area contributed by atoms with Gasteiger partial charge >= 0.3 is 0 Å². The Labute approximate surface area is 188 Å². The Morgan fingerprint density at radius 3 is 2.47 bits per heavy atom. The molecule has 0 radical (unpaired) electrons. The summed E-state index contributed by atoms with van der Waals surface area (Å²) in [5.41, 5.74) is 4.18. The second kappa shape index (κ2) is 8.38. The van der Waals surface area contributed by atoms with Crippen LogP contribution in [0, 0.1) is 11.8 Å². The number of piperidine rings is 3. The number of hydrogen-bond acceptors (Lipinski definition) is 5. The maximum atomic E-state index is 13.1. The monoisotopic (exact) mass is 430 g/mol. The van der Waals surface area contributed by atoms with Gasteiger partial charge < -0.3 is 19.0 Å². The molecule has 4 aliphatic heterocycles. The van der Waals surface area contributed by atoms with Crippen molar-refractivity contribution in [3.8, 4) is 11.1 Å². The molecule has 7 rings (SSSR count). The molecule has 0 amide bonds. The number of furan rings is 1. The summed E-state index contributed by atoms with van der Waals surface area (Å²) in [5, 5.41) is 0.997. The quantitative estimate of drug-likeness (QED) is 0.542. The lowest BCUT2D eigenvalue weighted by atomic mass is 9.76. The number of ether oxygens (including phenoxy) is 1. The van der Waals surface area contributed by atoms with E-state index >= 15 is 0 Å². The lowest BCUT2D eigenvalue weighted by molar-refractivity contribution is 0.0433. The summed E-state index contributed by atoms with van der Waals surface area (Å²) >= 11 is 0. The van der Waals surface area contributed by atoms with E-state index in [4.69, 9.17) is 9.15 Å². The van der Waals surface area contributed by atoms with Crippen LogP contribution in [-0.4, -0.2) is 56.6 Å². The van der Waals surface area contributed by atoms with Crippen molar-refractivity contribution in [1.82, 2.24) is 4.90 Å². The summed E-state index contributed by atoms with van der Waals surface area (Å²) in [5.74, 6) is 1.83. The summed E-state index contributed by atoms with van der Waals surface area (Å²) in [7, 11) is 0. The van der Waals surface area contributed by atoms with Crippen LogP contribution in [0.1, 0.15) is 29.8 Å². The molecule has 3 aromatic rings. The molecule has 5 heterocycles. The molecule has 0 N–H and O–H groups in total. The number of nitrogens with zero attached hydrogens (tertiary/aromatic N) is 2. The predicted octanol–water partition coefficient (Wildman–Crippen LogP) is 4.85. The summed E-state index contributed by atoms with van der Waals surface area (Å²) in [6, 6.07) is 16.7. The molecule has 1 aromatic heterocycles. The molecule has 5 heteroatoms. The Balaban J connectivity index is 1.24. The van der Waals surface area contributed by atoms with Crippen molar-refractivity contribution in [2.24, 2.45) is 11.8 Å². The third-order valence-corrected chi connectivity index (χ3v) is 7.61. The molecule has 2 aromatic carbocycles. The van der Waals surface area contributed by atoms with E-state index < -0.39 is 0 Å². The van der Waals surface area contributed by atoms with E-state index in [9.17, 15) is 4.79 Å². The first-order chi connectivity index (χ1) is 15.7. The number of benzene rings is 2. The Morgan fingerprint density at radius 1 is 0.969 bits per heavy atom. The summed E-state index contributed by atoms with van der Waals surface area (Å²) in [6.45, 7) is 6.89. The lowest BCUT2D eigenvalue weighted by Crippen LogP contribution is -2.47. The topological polar surface area (TPSA) is 45.9 Å². The van der Waals surface area contributed by atoms with Crippen LogP contribution in [0.5, 0.6) is 0 Å². The molecule has 32 heavy (non-hydrogen) atoms. The number of ketones is 1. The Morgan fingerprint density at radius 2 is 1.75 bits per heavy atom. The van der Waals surface area contributed by atoms with Gasteiger partial charge in [0.25, 0.3) is 0 Å². The minimum atomic E-state index is 0.147. The van der Waals surface area contributed by atoms with Gasteiger partial charge in [-0.2, -0.15) is 0 Å². The van der Waals surface area contributed by atoms with Gasteiger partial charge in [0.05, 0.1) is 13.2 Å². The Kier molecular flexibility index (Phi) is 5.24. The Bertz CT molecular complexity index is 1110. The van der Waals surface area contributed by atoms with E-state index in [2.05, 4.69) is 40.1 Å². The van der Waals surface area contributed by atoms with E-state index in [0.29, 0.717) is 24.0 Å². The van der Waals surface area contributed by atoms with E-state index in [-0.39, 0.29) is 5.78 Å². The van der Waals surface area contributed by atoms with Crippen molar-refractivity contribution in [2.45, 2.75) is 19.3 Å². The van der Waals surface area contributed by atoms with Crippen molar-refractivity contribution in [3.63, 3.8) is 0 Å². The highest BCUT2D eigenvalue weighted by molar-refractivity contribution is 6.01. The highest BCUT2D eigenvalue weighted by Crippen LogP contribution is 2.36. The van der Waals surface area contributed by atoms with Crippen molar-refractivity contribution in [1.29, 1.82) is 0 Å². The number of morpholine rings is 1. The molecule has 4 saturated heterocycles. The fourth-order valence-electron chi connectivity index (χ4n) is 5.76. The number of fused-ring (bicyclic) bond motifs is 4. The molecule has 1 atom stereocenters. The number of para-hydroxylation sites is 1. The standard InChI is InChI=1S/C27H30N2O3/c30-25(16-22-18-28-10-8-19(22)9-11-28)26-17-21-2-1-3-24(27(21)32-26)20-4-6-23(7-5-20)29-12-14-31-15-13-29/h1-7,17,19,22H,8-16,18H2/t22-/m1/s1. The van der Waals surface area contributed by atoms with E-state index in [1.54, 1.807) is 0 Å². The molecule has 0 aliphatic carbocycles. The average molecular weight is 431 g/mol. The van der Waals surface area contributed by atoms with Crippen molar-refractivity contribution in [3.05, 3.63) is 54.3 Å². The third kappa shape index (κ3) is 3.74. The van der Waals surface area contributed by atoms with Gasteiger partial charge in [-0.1, -0.05) is 30.3 Å². The van der Waals surface area contributed by atoms with E-state index in [0.717, 1.165) is 54.9 Å². The molecule has 0 saturated carbocycles. The summed E-state index contributed by atoms with van der Waals surface area (Å²) in [4.78, 5) is 18.0. The molecule has 2 bridgehead atoms. The van der Waals surface area contributed by atoms with Gasteiger partial charge in [0.2, 0.25) is 0 Å². The van der Waals surface area contributed by atoms with Gasteiger partial charge in [-0.05, 0) is 61.5 Å². The minimum absolute atomic E-state index is 0.147. The molecular weight excluding hydrogens is 400 g/mol. The van der Waals surface area contributed by atoms with Crippen molar-refractivity contribution >= 4 is 22.4 Å². The van der Waals surface area contributed by atoms with E-state index in [1.807, 2.05) is 18.2 Å². The first-order valence-corrected chi connectivity index (χ1v) is 12.0. The molecular formula is C27H30N2O3. The second-order valence-corrected chi connectivity index (χ2v) is 9.51. The highest BCUT2D eigenvalue weighted by atomic mass is 16.5. The number of Topliss-reactive ketones (excluding diaryl/α,β-unsaturated/α-hetero) is 1. The van der Waals surface area contributed by atoms with Crippen LogP contribution in [-0.2, 0) is 4.74 Å². The van der Waals surface area contributed by atoms with Crippen LogP contribution in [0.2, 0.25) is 0 Å². The first-order valence-electron chi connectivity index (χ1n) is 12.0.